The third-order valence-corrected chi connectivity index (χ3v) is 7.39. The van der Waals surface area contributed by atoms with E-state index < -0.39 is 0 Å². The molecule has 0 aliphatic heterocycles. The van der Waals surface area contributed by atoms with Gasteiger partial charge in [-0.05, 0) is 86.3 Å². The Morgan fingerprint density at radius 2 is 0.976 bits per heavy atom. The van der Waals surface area contributed by atoms with Crippen LogP contribution >= 0.6 is 0 Å². The molecule has 222 valence electrons. The van der Waals surface area contributed by atoms with Gasteiger partial charge in [-0.2, -0.15) is 0 Å². The maximum Gasteiger partial charge on any atom is 0.167 e. The molecular formula is C35H45N5O2. The van der Waals surface area contributed by atoms with Crippen LogP contribution in [0.4, 0.5) is 11.4 Å². The fourth-order valence-electron chi connectivity index (χ4n) is 5.08. The van der Waals surface area contributed by atoms with Crippen LogP contribution in [-0.2, 0) is 0 Å². The molecule has 0 bridgehead atoms. The molecule has 7 nitrogen and oxygen atoms in total. The van der Waals surface area contributed by atoms with Crippen LogP contribution in [0, 0.1) is 0 Å². The second kappa shape index (κ2) is 15.2. The highest BCUT2D eigenvalue weighted by molar-refractivity contribution is 5.71. The van der Waals surface area contributed by atoms with Crippen molar-refractivity contribution < 1.29 is 10.2 Å². The molecule has 0 fully saturated rings. The summed E-state index contributed by atoms with van der Waals surface area (Å²) >= 11 is 0. The summed E-state index contributed by atoms with van der Waals surface area (Å²) in [6.07, 6.45) is 6.83. The SMILES string of the molecule is CCCCN(CCCC)c1ccc(-c2nc(-c3ccc(N(CCC)CCC)cc3)nc(-c3ccc(O)cc3O)n2)cc1. The van der Waals surface area contributed by atoms with Crippen LogP contribution in [0.2, 0.25) is 0 Å². The minimum atomic E-state index is -0.0824. The van der Waals surface area contributed by atoms with Crippen LogP contribution in [0.25, 0.3) is 34.2 Å². The second-order valence-electron chi connectivity index (χ2n) is 10.8. The Labute approximate surface area is 250 Å². The van der Waals surface area contributed by atoms with Gasteiger partial charge in [-0.1, -0.05) is 40.5 Å². The van der Waals surface area contributed by atoms with Gasteiger partial charge in [-0.3, -0.25) is 0 Å². The number of anilines is 2. The van der Waals surface area contributed by atoms with Gasteiger partial charge >= 0.3 is 0 Å². The number of aromatic hydroxyl groups is 2. The number of nitrogens with zero attached hydrogens (tertiary/aromatic N) is 5. The van der Waals surface area contributed by atoms with Gasteiger partial charge < -0.3 is 20.0 Å². The molecule has 0 atom stereocenters. The monoisotopic (exact) mass is 567 g/mol. The summed E-state index contributed by atoms with van der Waals surface area (Å²) in [6.45, 7) is 13.0. The lowest BCUT2D eigenvalue weighted by Crippen LogP contribution is -2.25. The van der Waals surface area contributed by atoms with E-state index in [0.717, 1.165) is 75.8 Å². The van der Waals surface area contributed by atoms with E-state index in [1.54, 1.807) is 6.07 Å². The fourth-order valence-corrected chi connectivity index (χ4v) is 5.08. The molecule has 0 saturated carbocycles. The average Bonchev–Trinajstić information content (AvgIpc) is 3.01. The zero-order valence-corrected chi connectivity index (χ0v) is 25.6. The van der Waals surface area contributed by atoms with Crippen molar-refractivity contribution in [3.8, 4) is 45.7 Å². The van der Waals surface area contributed by atoms with Crippen molar-refractivity contribution >= 4 is 11.4 Å². The van der Waals surface area contributed by atoms with E-state index in [4.69, 9.17) is 15.0 Å². The molecule has 1 heterocycles. The number of benzene rings is 3. The lowest BCUT2D eigenvalue weighted by atomic mass is 10.1. The van der Waals surface area contributed by atoms with Crippen LogP contribution in [0.3, 0.4) is 0 Å². The highest BCUT2D eigenvalue weighted by atomic mass is 16.3. The first kappa shape index (κ1) is 30.8. The summed E-state index contributed by atoms with van der Waals surface area (Å²) in [6, 6.07) is 21.2. The Balaban J connectivity index is 1.74. The predicted molar refractivity (Wildman–Crippen MR) is 174 cm³/mol. The molecule has 7 heteroatoms. The molecule has 4 aromatic rings. The van der Waals surface area contributed by atoms with Crippen molar-refractivity contribution in [3.63, 3.8) is 0 Å². The van der Waals surface area contributed by atoms with Crippen LogP contribution < -0.4 is 9.80 Å². The maximum atomic E-state index is 10.6. The van der Waals surface area contributed by atoms with E-state index in [9.17, 15) is 10.2 Å². The van der Waals surface area contributed by atoms with Gasteiger partial charge in [0.25, 0.3) is 0 Å². The van der Waals surface area contributed by atoms with Crippen LogP contribution in [-0.4, -0.2) is 51.3 Å². The molecule has 0 saturated heterocycles. The first-order valence-corrected chi connectivity index (χ1v) is 15.5. The van der Waals surface area contributed by atoms with Gasteiger partial charge in [0.15, 0.2) is 17.5 Å². The van der Waals surface area contributed by atoms with Crippen LogP contribution in [0.5, 0.6) is 11.5 Å². The number of hydrogen-bond acceptors (Lipinski definition) is 7. The molecular weight excluding hydrogens is 522 g/mol. The van der Waals surface area contributed by atoms with Gasteiger partial charge in [0.05, 0.1) is 5.56 Å². The molecule has 4 rings (SSSR count). The Hall–Kier alpha value is -4.13. The molecule has 0 unspecified atom stereocenters. The van der Waals surface area contributed by atoms with Crippen LogP contribution in [0.1, 0.15) is 66.2 Å². The van der Waals surface area contributed by atoms with Crippen molar-refractivity contribution in [1.29, 1.82) is 0 Å². The summed E-state index contributed by atoms with van der Waals surface area (Å²) in [5.41, 5.74) is 4.57. The molecule has 2 N–H and O–H groups in total. The molecule has 42 heavy (non-hydrogen) atoms. The summed E-state index contributed by atoms with van der Waals surface area (Å²) in [4.78, 5) is 19.3. The summed E-state index contributed by atoms with van der Waals surface area (Å²) in [5, 5.41) is 20.5. The van der Waals surface area contributed by atoms with Gasteiger partial charge in [-0.15, -0.1) is 0 Å². The minimum Gasteiger partial charge on any atom is -0.508 e. The number of phenolic OH excluding ortho intramolecular Hbond substituents is 2. The van der Waals surface area contributed by atoms with Crippen molar-refractivity contribution in [3.05, 3.63) is 66.7 Å². The lowest BCUT2D eigenvalue weighted by Gasteiger charge is -2.25. The zero-order chi connectivity index (χ0) is 29.9. The van der Waals surface area contributed by atoms with Gasteiger partial charge in [-0.25, -0.2) is 15.0 Å². The van der Waals surface area contributed by atoms with Crippen molar-refractivity contribution in [2.45, 2.75) is 66.2 Å². The molecule has 0 aliphatic carbocycles. The first-order chi connectivity index (χ1) is 20.5. The molecule has 0 spiro atoms. The summed E-state index contributed by atoms with van der Waals surface area (Å²) < 4.78 is 0. The minimum absolute atomic E-state index is 0.0173. The van der Waals surface area contributed by atoms with E-state index in [-0.39, 0.29) is 11.5 Å². The van der Waals surface area contributed by atoms with E-state index >= 15 is 0 Å². The molecule has 1 aromatic heterocycles. The number of unbranched alkanes of at least 4 members (excludes halogenated alkanes) is 2. The van der Waals surface area contributed by atoms with E-state index in [1.165, 1.54) is 23.5 Å². The fraction of sp³-hybridized carbons (Fsp3) is 0.400. The number of phenols is 2. The third-order valence-electron chi connectivity index (χ3n) is 7.39. The number of hydrogen-bond donors (Lipinski definition) is 2. The Morgan fingerprint density at radius 1 is 0.524 bits per heavy atom. The molecule has 3 aromatic carbocycles. The summed E-state index contributed by atoms with van der Waals surface area (Å²) in [7, 11) is 0. The Morgan fingerprint density at radius 3 is 1.40 bits per heavy atom. The van der Waals surface area contributed by atoms with E-state index in [0.29, 0.717) is 23.0 Å². The largest absolute Gasteiger partial charge is 0.508 e. The maximum absolute atomic E-state index is 10.6. The third kappa shape index (κ3) is 7.78. The standard InChI is InChI=1S/C35H45N5O2/c1-5-9-23-40(24-10-6-2)29-17-13-27(14-18-29)34-36-33(37-35(38-34)31-20-19-30(41)25-32(31)42)26-11-15-28(16-12-26)39(21-7-3)22-8-4/h11-20,25,41-42H,5-10,21-24H2,1-4H3. The average molecular weight is 568 g/mol. The van der Waals surface area contributed by atoms with E-state index in [2.05, 4.69) is 86.0 Å². The second-order valence-corrected chi connectivity index (χ2v) is 10.8. The zero-order valence-electron chi connectivity index (χ0n) is 25.6. The van der Waals surface area contributed by atoms with Gasteiger partial charge in [0.1, 0.15) is 11.5 Å². The van der Waals surface area contributed by atoms with Gasteiger partial charge in [0, 0.05) is 54.7 Å². The number of aromatic nitrogens is 3. The summed E-state index contributed by atoms with van der Waals surface area (Å²) in [5.74, 6) is 1.32. The highest BCUT2D eigenvalue weighted by Crippen LogP contribution is 2.33. The van der Waals surface area contributed by atoms with Gasteiger partial charge in [0.2, 0.25) is 0 Å². The predicted octanol–water partition coefficient (Wildman–Crippen LogP) is 8.32. The normalized spacial score (nSPS) is 11.0. The smallest absolute Gasteiger partial charge is 0.167 e. The highest BCUT2D eigenvalue weighted by Gasteiger charge is 2.16. The molecule has 0 aliphatic rings. The van der Waals surface area contributed by atoms with Crippen molar-refractivity contribution in [2.24, 2.45) is 0 Å². The van der Waals surface area contributed by atoms with Crippen molar-refractivity contribution in [2.75, 3.05) is 36.0 Å². The molecule has 0 radical (unpaired) electrons. The topological polar surface area (TPSA) is 85.6 Å². The number of rotatable bonds is 15. The lowest BCUT2D eigenvalue weighted by molar-refractivity contribution is 0.451. The Kier molecular flexibility index (Phi) is 11.2. The Bertz CT molecular complexity index is 1390. The van der Waals surface area contributed by atoms with Crippen molar-refractivity contribution in [1.82, 2.24) is 15.0 Å². The molecule has 0 amide bonds. The van der Waals surface area contributed by atoms with Crippen LogP contribution in [0.15, 0.2) is 66.7 Å². The van der Waals surface area contributed by atoms with E-state index in [1.807, 2.05) is 0 Å². The quantitative estimate of drug-likeness (QED) is 0.149. The first-order valence-electron chi connectivity index (χ1n) is 15.5.